The standard InChI is InChI=1S/C18H22N4/c1-3-15(19-4-2)13-21-17-10-5-6-11-18(17)22-14-16-9-7-8-12-20-16/h3-4,7-9,12-14,17-18H,1-2,5-6,10-11H2. The molecule has 1 aliphatic carbocycles. The van der Waals surface area contributed by atoms with Crippen molar-refractivity contribution >= 4 is 18.1 Å². The van der Waals surface area contributed by atoms with Crippen molar-refractivity contribution in [2.75, 3.05) is 0 Å². The summed E-state index contributed by atoms with van der Waals surface area (Å²) in [5, 5.41) is 0. The largest absolute Gasteiger partial charge is 0.285 e. The molecular formula is C18H22N4. The van der Waals surface area contributed by atoms with E-state index in [1.807, 2.05) is 24.4 Å². The van der Waals surface area contributed by atoms with Crippen LogP contribution in [0.15, 0.2) is 64.8 Å². The van der Waals surface area contributed by atoms with Crippen LogP contribution in [0.25, 0.3) is 0 Å². The highest BCUT2D eigenvalue weighted by Crippen LogP contribution is 2.23. The molecule has 0 aromatic carbocycles. The van der Waals surface area contributed by atoms with Crippen LogP contribution in [-0.2, 0) is 0 Å². The normalized spacial score (nSPS) is 23.0. The Morgan fingerprint density at radius 3 is 2.55 bits per heavy atom. The lowest BCUT2D eigenvalue weighted by atomic mass is 9.91. The van der Waals surface area contributed by atoms with Gasteiger partial charge in [-0.05, 0) is 31.1 Å². The van der Waals surface area contributed by atoms with Crippen LogP contribution >= 0.6 is 0 Å². The molecule has 1 aromatic rings. The zero-order valence-electron chi connectivity index (χ0n) is 12.8. The van der Waals surface area contributed by atoms with Gasteiger partial charge >= 0.3 is 0 Å². The molecule has 2 unspecified atom stereocenters. The van der Waals surface area contributed by atoms with Gasteiger partial charge < -0.3 is 0 Å². The molecular weight excluding hydrogens is 272 g/mol. The SMILES string of the molecule is C=CN=C(C=C)C=NC1CCCCC1N=Cc1ccccn1. The van der Waals surface area contributed by atoms with E-state index in [-0.39, 0.29) is 12.1 Å². The molecule has 1 heterocycles. The summed E-state index contributed by atoms with van der Waals surface area (Å²) in [7, 11) is 0. The van der Waals surface area contributed by atoms with Gasteiger partial charge in [0, 0.05) is 24.8 Å². The van der Waals surface area contributed by atoms with Crippen molar-refractivity contribution in [1.82, 2.24) is 4.98 Å². The Morgan fingerprint density at radius 1 is 1.14 bits per heavy atom. The Kier molecular flexibility index (Phi) is 6.42. The lowest BCUT2D eigenvalue weighted by molar-refractivity contribution is 0.390. The predicted octanol–water partition coefficient (Wildman–Crippen LogP) is 3.65. The Labute approximate surface area is 132 Å². The number of pyridine rings is 1. The van der Waals surface area contributed by atoms with E-state index in [1.165, 1.54) is 19.0 Å². The summed E-state index contributed by atoms with van der Waals surface area (Å²) in [4.78, 5) is 17.7. The average molecular weight is 294 g/mol. The van der Waals surface area contributed by atoms with E-state index in [4.69, 9.17) is 4.99 Å². The molecule has 2 rings (SSSR count). The summed E-state index contributed by atoms with van der Waals surface area (Å²) in [6.07, 6.45) is 13.1. The molecule has 2 atom stereocenters. The average Bonchev–Trinajstić information content (AvgIpc) is 2.58. The Bertz CT molecular complexity index is 572. The topological polar surface area (TPSA) is 50.0 Å². The van der Waals surface area contributed by atoms with Crippen LogP contribution in [0, 0.1) is 0 Å². The van der Waals surface area contributed by atoms with Gasteiger partial charge in [0.2, 0.25) is 0 Å². The summed E-state index contributed by atoms with van der Waals surface area (Å²) in [6, 6.07) is 6.23. The number of rotatable bonds is 6. The number of aliphatic imine (C=N–C) groups is 3. The minimum absolute atomic E-state index is 0.198. The molecule has 0 spiro atoms. The van der Waals surface area contributed by atoms with Crippen molar-refractivity contribution in [3.8, 4) is 0 Å². The molecule has 22 heavy (non-hydrogen) atoms. The summed E-state index contributed by atoms with van der Waals surface area (Å²) in [6.45, 7) is 7.32. The molecule has 1 fully saturated rings. The van der Waals surface area contributed by atoms with Crippen molar-refractivity contribution in [3.05, 3.63) is 55.5 Å². The van der Waals surface area contributed by atoms with E-state index < -0.39 is 0 Å². The van der Waals surface area contributed by atoms with Gasteiger partial charge in [0.1, 0.15) is 0 Å². The van der Waals surface area contributed by atoms with Crippen LogP contribution < -0.4 is 0 Å². The molecule has 0 amide bonds. The number of hydrogen-bond acceptors (Lipinski definition) is 4. The molecule has 0 radical (unpaired) electrons. The smallest absolute Gasteiger partial charge is 0.0807 e. The van der Waals surface area contributed by atoms with E-state index in [1.54, 1.807) is 18.5 Å². The molecule has 1 saturated carbocycles. The second-order valence-electron chi connectivity index (χ2n) is 5.17. The van der Waals surface area contributed by atoms with Crippen LogP contribution in [0.5, 0.6) is 0 Å². The Balaban J connectivity index is 2.06. The van der Waals surface area contributed by atoms with Crippen molar-refractivity contribution in [2.24, 2.45) is 15.0 Å². The van der Waals surface area contributed by atoms with Gasteiger partial charge in [0.05, 0.1) is 23.5 Å². The first-order valence-electron chi connectivity index (χ1n) is 7.62. The summed E-state index contributed by atoms with van der Waals surface area (Å²) < 4.78 is 0. The zero-order chi connectivity index (χ0) is 15.6. The highest BCUT2D eigenvalue weighted by molar-refractivity contribution is 6.35. The van der Waals surface area contributed by atoms with E-state index in [9.17, 15) is 0 Å². The fourth-order valence-electron chi connectivity index (χ4n) is 2.48. The van der Waals surface area contributed by atoms with E-state index in [0.29, 0.717) is 0 Å². The van der Waals surface area contributed by atoms with Gasteiger partial charge in [-0.25, -0.2) is 0 Å². The Morgan fingerprint density at radius 2 is 1.91 bits per heavy atom. The molecule has 4 nitrogen and oxygen atoms in total. The summed E-state index contributed by atoms with van der Waals surface area (Å²) >= 11 is 0. The number of aromatic nitrogens is 1. The van der Waals surface area contributed by atoms with Gasteiger partial charge in [-0.3, -0.25) is 20.0 Å². The first-order chi connectivity index (χ1) is 10.8. The molecule has 0 N–H and O–H groups in total. The maximum absolute atomic E-state index is 4.70. The number of hydrogen-bond donors (Lipinski definition) is 0. The van der Waals surface area contributed by atoms with Crippen LogP contribution in [0.2, 0.25) is 0 Å². The van der Waals surface area contributed by atoms with Crippen LogP contribution in [0.4, 0.5) is 0 Å². The Hall–Kier alpha value is -2.36. The first kappa shape index (κ1) is 16.0. The fourth-order valence-corrected chi connectivity index (χ4v) is 2.48. The van der Waals surface area contributed by atoms with E-state index in [2.05, 4.69) is 28.1 Å². The minimum Gasteiger partial charge on any atom is -0.285 e. The first-order valence-corrected chi connectivity index (χ1v) is 7.62. The van der Waals surface area contributed by atoms with Crippen molar-refractivity contribution in [1.29, 1.82) is 0 Å². The van der Waals surface area contributed by atoms with Crippen molar-refractivity contribution in [2.45, 2.75) is 37.8 Å². The monoisotopic (exact) mass is 294 g/mol. The minimum atomic E-state index is 0.198. The highest BCUT2D eigenvalue weighted by atomic mass is 14.9. The van der Waals surface area contributed by atoms with Crippen molar-refractivity contribution in [3.63, 3.8) is 0 Å². The van der Waals surface area contributed by atoms with Gasteiger partial charge in [-0.2, -0.15) is 0 Å². The molecule has 4 heteroatoms. The number of nitrogens with zero attached hydrogens (tertiary/aromatic N) is 4. The lowest BCUT2D eigenvalue weighted by Gasteiger charge is -2.25. The van der Waals surface area contributed by atoms with Gasteiger partial charge in [-0.15, -0.1) is 0 Å². The third-order valence-corrected chi connectivity index (χ3v) is 3.63. The van der Waals surface area contributed by atoms with Gasteiger partial charge in [0.25, 0.3) is 0 Å². The predicted molar refractivity (Wildman–Crippen MR) is 94.2 cm³/mol. The van der Waals surface area contributed by atoms with Crippen LogP contribution in [0.1, 0.15) is 31.4 Å². The quantitative estimate of drug-likeness (QED) is 0.739. The summed E-state index contributed by atoms with van der Waals surface area (Å²) in [5.41, 5.74) is 1.61. The van der Waals surface area contributed by atoms with E-state index >= 15 is 0 Å². The molecule has 114 valence electrons. The fraction of sp³-hybridized carbons (Fsp3) is 0.333. The molecule has 0 saturated heterocycles. The molecule has 1 aliphatic rings. The maximum Gasteiger partial charge on any atom is 0.0807 e. The third-order valence-electron chi connectivity index (χ3n) is 3.63. The third kappa shape index (κ3) is 4.88. The molecule has 0 bridgehead atoms. The van der Waals surface area contributed by atoms with Crippen molar-refractivity contribution < 1.29 is 0 Å². The van der Waals surface area contributed by atoms with Crippen LogP contribution in [-0.4, -0.2) is 35.2 Å². The summed E-state index contributed by atoms with van der Waals surface area (Å²) in [5.74, 6) is 0. The number of allylic oxidation sites excluding steroid dienone is 1. The van der Waals surface area contributed by atoms with E-state index in [0.717, 1.165) is 24.2 Å². The lowest BCUT2D eigenvalue weighted by Crippen LogP contribution is -2.27. The maximum atomic E-state index is 4.70. The second-order valence-corrected chi connectivity index (χ2v) is 5.17. The van der Waals surface area contributed by atoms with Gasteiger partial charge in [0.15, 0.2) is 0 Å². The van der Waals surface area contributed by atoms with Crippen LogP contribution in [0.3, 0.4) is 0 Å². The molecule has 1 aromatic heterocycles. The highest BCUT2D eigenvalue weighted by Gasteiger charge is 2.23. The molecule has 0 aliphatic heterocycles. The second kappa shape index (κ2) is 8.82. The zero-order valence-corrected chi connectivity index (χ0v) is 12.8. The van der Waals surface area contributed by atoms with Gasteiger partial charge in [-0.1, -0.05) is 32.1 Å².